The van der Waals surface area contributed by atoms with Gasteiger partial charge in [-0.05, 0) is 42.0 Å². The highest BCUT2D eigenvalue weighted by Gasteiger charge is 2.31. The van der Waals surface area contributed by atoms with Crippen molar-refractivity contribution in [2.75, 3.05) is 5.32 Å². The quantitative estimate of drug-likeness (QED) is 0.777. The zero-order valence-electron chi connectivity index (χ0n) is 10.1. The molecule has 0 aliphatic heterocycles. The molecule has 106 valence electrons. The Morgan fingerprint density at radius 2 is 1.80 bits per heavy atom. The van der Waals surface area contributed by atoms with Crippen LogP contribution in [0, 0.1) is 5.82 Å². The first-order chi connectivity index (χ1) is 9.34. The second-order valence-electron chi connectivity index (χ2n) is 4.21. The molecular weight excluding hydrogens is 294 g/mol. The van der Waals surface area contributed by atoms with Crippen LogP contribution in [0.5, 0.6) is 0 Å². The van der Waals surface area contributed by atoms with E-state index in [1.54, 1.807) is 24.3 Å². The Balaban J connectivity index is 2.16. The van der Waals surface area contributed by atoms with E-state index in [0.29, 0.717) is 16.8 Å². The summed E-state index contributed by atoms with van der Waals surface area (Å²) in [6.45, 7) is 0.0706. The Morgan fingerprint density at radius 1 is 1.05 bits per heavy atom. The summed E-state index contributed by atoms with van der Waals surface area (Å²) in [5.41, 5.74) is -0.145. The Morgan fingerprint density at radius 3 is 2.45 bits per heavy atom. The third-order valence-electron chi connectivity index (χ3n) is 2.61. The van der Waals surface area contributed by atoms with Gasteiger partial charge in [0.1, 0.15) is 5.82 Å². The second-order valence-corrected chi connectivity index (χ2v) is 4.65. The molecule has 1 N–H and O–H groups in total. The standard InChI is InChI=1S/C14H10ClF4N/c15-11-2-1-3-13(7-11)20-8-9-4-10(14(17,18)19)6-12(16)5-9/h1-7,20H,8H2. The molecule has 0 radical (unpaired) electrons. The smallest absolute Gasteiger partial charge is 0.381 e. The van der Waals surface area contributed by atoms with Crippen molar-refractivity contribution in [2.24, 2.45) is 0 Å². The Labute approximate surface area is 118 Å². The van der Waals surface area contributed by atoms with Crippen LogP contribution in [-0.4, -0.2) is 0 Å². The van der Waals surface area contributed by atoms with Crippen molar-refractivity contribution in [3.63, 3.8) is 0 Å². The van der Waals surface area contributed by atoms with Gasteiger partial charge in [0.2, 0.25) is 0 Å². The van der Waals surface area contributed by atoms with Crippen LogP contribution < -0.4 is 5.32 Å². The number of hydrogen-bond acceptors (Lipinski definition) is 1. The van der Waals surface area contributed by atoms with E-state index in [0.717, 1.165) is 12.1 Å². The molecule has 2 rings (SSSR count). The highest BCUT2D eigenvalue weighted by molar-refractivity contribution is 6.30. The SMILES string of the molecule is Fc1cc(CNc2cccc(Cl)c2)cc(C(F)(F)F)c1. The summed E-state index contributed by atoms with van der Waals surface area (Å²) in [6.07, 6.45) is -4.56. The van der Waals surface area contributed by atoms with E-state index in [1.165, 1.54) is 0 Å². The molecule has 0 unspecified atom stereocenters. The zero-order valence-corrected chi connectivity index (χ0v) is 10.9. The molecule has 0 aliphatic carbocycles. The third kappa shape index (κ3) is 3.87. The van der Waals surface area contributed by atoms with Crippen molar-refractivity contribution < 1.29 is 17.6 Å². The number of halogens is 5. The summed E-state index contributed by atoms with van der Waals surface area (Å²) in [5.74, 6) is -0.914. The Hall–Kier alpha value is -1.75. The van der Waals surface area contributed by atoms with Gasteiger partial charge < -0.3 is 5.32 Å². The van der Waals surface area contributed by atoms with Crippen molar-refractivity contribution >= 4 is 17.3 Å². The molecule has 2 aromatic carbocycles. The average molecular weight is 304 g/mol. The fourth-order valence-corrected chi connectivity index (χ4v) is 1.91. The van der Waals surface area contributed by atoms with Gasteiger partial charge in [0.05, 0.1) is 5.56 Å². The minimum Gasteiger partial charge on any atom is -0.381 e. The molecule has 0 bridgehead atoms. The van der Waals surface area contributed by atoms with Crippen LogP contribution in [0.1, 0.15) is 11.1 Å². The first kappa shape index (κ1) is 14.7. The fourth-order valence-electron chi connectivity index (χ4n) is 1.72. The van der Waals surface area contributed by atoms with Gasteiger partial charge in [0.15, 0.2) is 0 Å². The van der Waals surface area contributed by atoms with Gasteiger partial charge in [-0.2, -0.15) is 13.2 Å². The van der Waals surface area contributed by atoms with Gasteiger partial charge in [0, 0.05) is 17.3 Å². The van der Waals surface area contributed by atoms with Crippen LogP contribution in [0.2, 0.25) is 5.02 Å². The van der Waals surface area contributed by atoms with Crippen molar-refractivity contribution in [1.29, 1.82) is 0 Å². The summed E-state index contributed by atoms with van der Waals surface area (Å²) in [6, 6.07) is 9.19. The maximum Gasteiger partial charge on any atom is 0.416 e. The van der Waals surface area contributed by atoms with E-state index in [1.807, 2.05) is 0 Å². The molecule has 20 heavy (non-hydrogen) atoms. The molecule has 0 saturated carbocycles. The minimum atomic E-state index is -4.56. The normalized spacial score (nSPS) is 11.4. The molecule has 0 spiro atoms. The maximum absolute atomic E-state index is 13.2. The lowest BCUT2D eigenvalue weighted by Crippen LogP contribution is -2.08. The molecule has 1 nitrogen and oxygen atoms in total. The predicted octanol–water partition coefficient (Wildman–Crippen LogP) is 5.11. The molecule has 0 fully saturated rings. The van der Waals surface area contributed by atoms with Crippen molar-refractivity contribution in [1.82, 2.24) is 0 Å². The van der Waals surface area contributed by atoms with E-state index >= 15 is 0 Å². The molecule has 6 heteroatoms. The van der Waals surface area contributed by atoms with Crippen LogP contribution >= 0.6 is 11.6 Å². The van der Waals surface area contributed by atoms with Crippen molar-refractivity contribution in [2.45, 2.75) is 12.7 Å². The number of nitrogens with one attached hydrogen (secondary N) is 1. The summed E-state index contributed by atoms with van der Waals surface area (Å²) >= 11 is 5.79. The van der Waals surface area contributed by atoms with Gasteiger partial charge in [-0.25, -0.2) is 4.39 Å². The predicted molar refractivity (Wildman–Crippen MR) is 70.2 cm³/mol. The summed E-state index contributed by atoms with van der Waals surface area (Å²) in [5, 5.41) is 3.39. The maximum atomic E-state index is 13.2. The van der Waals surface area contributed by atoms with Gasteiger partial charge >= 0.3 is 6.18 Å². The Bertz CT molecular complexity index is 610. The van der Waals surface area contributed by atoms with Crippen LogP contribution in [0.4, 0.5) is 23.2 Å². The van der Waals surface area contributed by atoms with Crippen LogP contribution in [-0.2, 0) is 12.7 Å². The third-order valence-corrected chi connectivity index (χ3v) is 2.84. The van der Waals surface area contributed by atoms with E-state index in [9.17, 15) is 17.6 Å². The molecule has 2 aromatic rings. The fraction of sp³-hybridized carbons (Fsp3) is 0.143. The van der Waals surface area contributed by atoms with E-state index in [-0.39, 0.29) is 12.1 Å². The average Bonchev–Trinajstić information content (AvgIpc) is 2.35. The molecule has 0 saturated heterocycles. The summed E-state index contributed by atoms with van der Waals surface area (Å²) < 4.78 is 50.9. The van der Waals surface area contributed by atoms with Gasteiger partial charge in [-0.3, -0.25) is 0 Å². The van der Waals surface area contributed by atoms with Gasteiger partial charge in [0.25, 0.3) is 0 Å². The second kappa shape index (κ2) is 5.71. The van der Waals surface area contributed by atoms with Crippen molar-refractivity contribution in [3.05, 3.63) is 64.4 Å². The molecular formula is C14H10ClF4N. The number of hydrogen-bond donors (Lipinski definition) is 1. The lowest BCUT2D eigenvalue weighted by Gasteiger charge is -2.11. The van der Waals surface area contributed by atoms with Gasteiger partial charge in [-0.15, -0.1) is 0 Å². The van der Waals surface area contributed by atoms with E-state index in [2.05, 4.69) is 5.32 Å². The zero-order chi connectivity index (χ0) is 14.8. The molecule has 0 heterocycles. The van der Waals surface area contributed by atoms with E-state index in [4.69, 9.17) is 11.6 Å². The van der Waals surface area contributed by atoms with Crippen LogP contribution in [0.3, 0.4) is 0 Å². The highest BCUT2D eigenvalue weighted by Crippen LogP contribution is 2.30. The summed E-state index contributed by atoms with van der Waals surface area (Å²) in [4.78, 5) is 0. The summed E-state index contributed by atoms with van der Waals surface area (Å²) in [7, 11) is 0. The largest absolute Gasteiger partial charge is 0.416 e. The number of benzene rings is 2. The van der Waals surface area contributed by atoms with Crippen LogP contribution in [0.15, 0.2) is 42.5 Å². The monoisotopic (exact) mass is 303 g/mol. The number of rotatable bonds is 3. The minimum absolute atomic E-state index is 0.0706. The molecule has 0 aromatic heterocycles. The molecule has 0 atom stereocenters. The number of anilines is 1. The lowest BCUT2D eigenvalue weighted by molar-refractivity contribution is -0.137. The topological polar surface area (TPSA) is 12.0 Å². The highest BCUT2D eigenvalue weighted by atomic mass is 35.5. The van der Waals surface area contributed by atoms with Crippen molar-refractivity contribution in [3.8, 4) is 0 Å². The number of alkyl halides is 3. The molecule has 0 amide bonds. The molecule has 0 aliphatic rings. The first-order valence-corrected chi connectivity index (χ1v) is 6.08. The Kier molecular flexibility index (Phi) is 4.18. The first-order valence-electron chi connectivity index (χ1n) is 5.71. The van der Waals surface area contributed by atoms with Gasteiger partial charge in [-0.1, -0.05) is 17.7 Å². The lowest BCUT2D eigenvalue weighted by atomic mass is 10.1. The van der Waals surface area contributed by atoms with Crippen LogP contribution in [0.25, 0.3) is 0 Å². The van der Waals surface area contributed by atoms with E-state index < -0.39 is 17.6 Å².